The molecule has 4 heteroatoms. The van der Waals surface area contributed by atoms with E-state index in [1.165, 1.54) is 0 Å². The van der Waals surface area contributed by atoms with E-state index in [0.717, 1.165) is 63.1 Å². The second kappa shape index (κ2) is 6.42. The third kappa shape index (κ3) is 3.02. The molecule has 0 amide bonds. The van der Waals surface area contributed by atoms with Crippen molar-refractivity contribution in [3.8, 4) is 5.75 Å². The van der Waals surface area contributed by atoms with Crippen LogP contribution >= 0.6 is 0 Å². The Hall–Kier alpha value is -1.64. The van der Waals surface area contributed by atoms with Gasteiger partial charge >= 0.3 is 0 Å². The highest BCUT2D eigenvalue weighted by molar-refractivity contribution is 5.44. The molecule has 0 bridgehead atoms. The van der Waals surface area contributed by atoms with Gasteiger partial charge in [-0.25, -0.2) is 4.79 Å². The molecule has 0 atom stereocenters. The molecule has 1 aromatic rings. The Morgan fingerprint density at radius 1 is 1.19 bits per heavy atom. The van der Waals surface area contributed by atoms with Crippen molar-refractivity contribution in [1.82, 2.24) is 0 Å². The molecule has 1 saturated heterocycles. The maximum Gasteiger partial charge on any atom is 0.235 e. The zero-order chi connectivity index (χ0) is 14.5. The highest BCUT2D eigenvalue weighted by Gasteiger charge is 2.38. The molecule has 1 aliphatic heterocycles. The van der Waals surface area contributed by atoms with Crippen molar-refractivity contribution < 1.29 is 14.3 Å². The van der Waals surface area contributed by atoms with Gasteiger partial charge in [0.1, 0.15) is 17.4 Å². The summed E-state index contributed by atoms with van der Waals surface area (Å²) in [4.78, 5) is 15.1. The minimum Gasteiger partial charge on any atom is -0.490 e. The minimum absolute atomic E-state index is 0.193. The van der Waals surface area contributed by atoms with Gasteiger partial charge in [0.05, 0.1) is 13.2 Å². The van der Waals surface area contributed by atoms with E-state index in [9.17, 15) is 4.79 Å². The van der Waals surface area contributed by atoms with Crippen LogP contribution in [0.1, 0.15) is 44.1 Å². The minimum atomic E-state index is -0.427. The lowest BCUT2D eigenvalue weighted by atomic mass is 9.88. The van der Waals surface area contributed by atoms with Gasteiger partial charge in [0.25, 0.3) is 0 Å². The van der Waals surface area contributed by atoms with Gasteiger partial charge in [0, 0.05) is 18.4 Å². The number of aliphatic imine (C=N–C) groups is 1. The zero-order valence-electron chi connectivity index (χ0n) is 12.2. The largest absolute Gasteiger partial charge is 0.490 e. The summed E-state index contributed by atoms with van der Waals surface area (Å²) in [5, 5.41) is 0. The molecule has 2 aliphatic rings. The van der Waals surface area contributed by atoms with E-state index in [0.29, 0.717) is 0 Å². The average molecular weight is 287 g/mol. The maximum absolute atomic E-state index is 10.9. The fraction of sp³-hybridized carbons (Fsp3) is 0.588. The van der Waals surface area contributed by atoms with Crippen molar-refractivity contribution >= 4 is 6.08 Å². The Kier molecular flexibility index (Phi) is 4.37. The number of nitrogens with zero attached hydrogens (tertiary/aromatic N) is 1. The predicted molar refractivity (Wildman–Crippen MR) is 79.2 cm³/mol. The molecule has 1 aliphatic carbocycles. The van der Waals surface area contributed by atoms with Gasteiger partial charge in [-0.05, 0) is 18.9 Å². The van der Waals surface area contributed by atoms with Gasteiger partial charge in [0.2, 0.25) is 6.08 Å². The van der Waals surface area contributed by atoms with Crippen LogP contribution in [0.5, 0.6) is 5.75 Å². The number of hydrogen-bond acceptors (Lipinski definition) is 4. The quantitative estimate of drug-likeness (QED) is 0.630. The number of ether oxygens (including phenoxy) is 2. The van der Waals surface area contributed by atoms with Crippen LogP contribution < -0.4 is 4.74 Å². The van der Waals surface area contributed by atoms with Crippen molar-refractivity contribution in [2.24, 2.45) is 4.99 Å². The molecule has 1 aromatic carbocycles. The first-order chi connectivity index (χ1) is 10.3. The fourth-order valence-corrected chi connectivity index (χ4v) is 3.42. The first-order valence-corrected chi connectivity index (χ1v) is 7.77. The Bertz CT molecular complexity index is 525. The Morgan fingerprint density at radius 2 is 1.90 bits per heavy atom. The molecule has 3 rings (SSSR count). The Labute approximate surface area is 125 Å². The average Bonchev–Trinajstić information content (AvgIpc) is 2.99. The van der Waals surface area contributed by atoms with Crippen molar-refractivity contribution in [3.63, 3.8) is 0 Å². The number of rotatable bonds is 4. The molecule has 0 radical (unpaired) electrons. The molecule has 0 unspecified atom stereocenters. The number of hydrogen-bond donors (Lipinski definition) is 0. The summed E-state index contributed by atoms with van der Waals surface area (Å²) in [6.45, 7) is 1.51. The molecular weight excluding hydrogens is 266 g/mol. The lowest BCUT2D eigenvalue weighted by Gasteiger charge is -2.29. The van der Waals surface area contributed by atoms with Gasteiger partial charge in [0.15, 0.2) is 0 Å². The van der Waals surface area contributed by atoms with Crippen molar-refractivity contribution in [2.75, 3.05) is 13.2 Å². The monoisotopic (exact) mass is 287 g/mol. The molecule has 112 valence electrons. The van der Waals surface area contributed by atoms with E-state index in [-0.39, 0.29) is 6.10 Å². The topological polar surface area (TPSA) is 47.9 Å². The van der Waals surface area contributed by atoms with Crippen molar-refractivity contribution in [1.29, 1.82) is 0 Å². The maximum atomic E-state index is 10.9. The second-order valence-electron chi connectivity index (χ2n) is 5.87. The first kappa shape index (κ1) is 14.3. The van der Waals surface area contributed by atoms with Crippen LogP contribution in [0.25, 0.3) is 0 Å². The second-order valence-corrected chi connectivity index (χ2v) is 5.87. The van der Waals surface area contributed by atoms with E-state index in [1.807, 2.05) is 24.3 Å². The third-order valence-corrected chi connectivity index (χ3v) is 4.54. The standard InChI is InChI=1S/C17H21NO3/c19-13-18-17(9-3-4-10-17)15-5-1-2-6-16(15)21-14-7-11-20-12-8-14/h1-2,5-6,14H,3-4,7-12H2. The van der Waals surface area contributed by atoms with Crippen molar-refractivity contribution in [2.45, 2.75) is 50.2 Å². The summed E-state index contributed by atoms with van der Waals surface area (Å²) in [6, 6.07) is 8.00. The summed E-state index contributed by atoms with van der Waals surface area (Å²) >= 11 is 0. The van der Waals surface area contributed by atoms with Crippen LogP contribution in [0.3, 0.4) is 0 Å². The van der Waals surface area contributed by atoms with Gasteiger partial charge in [-0.1, -0.05) is 31.0 Å². The first-order valence-electron chi connectivity index (χ1n) is 7.77. The fourth-order valence-electron chi connectivity index (χ4n) is 3.42. The molecule has 4 nitrogen and oxygen atoms in total. The highest BCUT2D eigenvalue weighted by atomic mass is 16.5. The number of para-hydroxylation sites is 1. The summed E-state index contributed by atoms with van der Waals surface area (Å²) in [7, 11) is 0. The summed E-state index contributed by atoms with van der Waals surface area (Å²) in [5.74, 6) is 0.866. The van der Waals surface area contributed by atoms with E-state index in [1.54, 1.807) is 6.08 Å². The summed E-state index contributed by atoms with van der Waals surface area (Å²) < 4.78 is 11.6. The van der Waals surface area contributed by atoms with Crippen molar-refractivity contribution in [3.05, 3.63) is 29.8 Å². The number of benzene rings is 1. The van der Waals surface area contributed by atoms with Gasteiger partial charge < -0.3 is 9.47 Å². The van der Waals surface area contributed by atoms with Crippen LogP contribution in [-0.2, 0) is 15.1 Å². The van der Waals surface area contributed by atoms with E-state index >= 15 is 0 Å². The van der Waals surface area contributed by atoms with E-state index in [4.69, 9.17) is 9.47 Å². The van der Waals surface area contributed by atoms with Crippen LogP contribution in [0, 0.1) is 0 Å². The predicted octanol–water partition coefficient (Wildman–Crippen LogP) is 3.35. The molecule has 2 fully saturated rings. The van der Waals surface area contributed by atoms with Crippen LogP contribution in [0.2, 0.25) is 0 Å². The molecule has 1 heterocycles. The van der Waals surface area contributed by atoms with Crippen LogP contribution in [0.15, 0.2) is 29.3 Å². The molecule has 0 N–H and O–H groups in total. The molecular formula is C17H21NO3. The lowest BCUT2D eigenvalue weighted by molar-refractivity contribution is 0.0247. The Morgan fingerprint density at radius 3 is 2.62 bits per heavy atom. The molecule has 0 spiro atoms. The normalized spacial score (nSPS) is 21.7. The Balaban J connectivity index is 1.89. The number of carbonyl (C=O) groups excluding carboxylic acids is 1. The van der Waals surface area contributed by atoms with Gasteiger partial charge in [-0.15, -0.1) is 0 Å². The lowest BCUT2D eigenvalue weighted by Crippen LogP contribution is -2.28. The zero-order valence-corrected chi connectivity index (χ0v) is 12.2. The molecule has 1 saturated carbocycles. The third-order valence-electron chi connectivity index (χ3n) is 4.54. The highest BCUT2D eigenvalue weighted by Crippen LogP contribution is 2.45. The molecule has 21 heavy (non-hydrogen) atoms. The van der Waals surface area contributed by atoms with E-state index < -0.39 is 5.54 Å². The summed E-state index contributed by atoms with van der Waals surface area (Å²) in [6.07, 6.45) is 7.79. The molecule has 0 aromatic heterocycles. The number of isocyanates is 1. The smallest absolute Gasteiger partial charge is 0.235 e. The van der Waals surface area contributed by atoms with Gasteiger partial charge in [-0.3, -0.25) is 0 Å². The van der Waals surface area contributed by atoms with E-state index in [2.05, 4.69) is 4.99 Å². The van der Waals surface area contributed by atoms with Crippen LogP contribution in [0.4, 0.5) is 0 Å². The van der Waals surface area contributed by atoms with Gasteiger partial charge in [-0.2, -0.15) is 4.99 Å². The van der Waals surface area contributed by atoms with Crippen LogP contribution in [-0.4, -0.2) is 25.4 Å². The summed E-state index contributed by atoms with van der Waals surface area (Å²) in [5.41, 5.74) is 0.612. The SMILES string of the molecule is O=C=NC1(c2ccccc2OC2CCOCC2)CCCC1.